The minimum absolute atomic E-state index is 0. The van der Waals surface area contributed by atoms with Gasteiger partial charge in [-0.25, -0.2) is 0 Å². The molecule has 2 heteroatoms. The second-order valence-corrected chi connectivity index (χ2v) is 10.5. The van der Waals surface area contributed by atoms with Crippen LogP contribution in [0.5, 0.6) is 0 Å². The smallest absolute Gasteiger partial charge is 0.0594 e. The van der Waals surface area contributed by atoms with Gasteiger partial charge in [-0.2, -0.15) is 0 Å². The molecule has 0 unspecified atom stereocenters. The number of unbranched alkanes of at least 4 members (excludes halogenated alkanes) is 5. The minimum atomic E-state index is -0.552. The average molecular weight is 400 g/mol. The Balaban J connectivity index is 0. The Bertz CT molecular complexity index is 154. The van der Waals surface area contributed by atoms with Gasteiger partial charge in [0.1, 0.15) is 0 Å². The second kappa shape index (κ2) is 15.5. The van der Waals surface area contributed by atoms with Gasteiger partial charge in [-0.15, -0.1) is 0 Å². The fourth-order valence-electron chi connectivity index (χ4n) is 3.32. The predicted molar refractivity (Wildman–Crippen MR) is 90.6 cm³/mol. The lowest BCUT2D eigenvalue weighted by Crippen LogP contribution is -3.00. The molecule has 0 saturated carbocycles. The van der Waals surface area contributed by atoms with Crippen molar-refractivity contribution in [3.05, 3.63) is 0 Å². The minimum Gasteiger partial charge on any atom is -1.00 e. The van der Waals surface area contributed by atoms with Crippen molar-refractivity contribution in [3.8, 4) is 0 Å². The molecule has 19 heavy (non-hydrogen) atoms. The van der Waals surface area contributed by atoms with Crippen LogP contribution in [0.2, 0.25) is 0 Å². The van der Waals surface area contributed by atoms with Crippen molar-refractivity contribution in [2.75, 3.05) is 24.6 Å². The fourth-order valence-corrected chi connectivity index (χ4v) is 8.40. The van der Waals surface area contributed by atoms with Crippen LogP contribution in [-0.2, 0) is 0 Å². The van der Waals surface area contributed by atoms with E-state index in [1.165, 1.54) is 57.8 Å². The third kappa shape index (κ3) is 11.5. The molecule has 0 aliphatic heterocycles. The molecule has 0 aliphatic carbocycles. The van der Waals surface area contributed by atoms with Crippen molar-refractivity contribution in [1.82, 2.24) is 0 Å². The normalized spacial score (nSPS) is 11.4. The molecule has 0 heterocycles. The summed E-state index contributed by atoms with van der Waals surface area (Å²) in [4.78, 5) is 0. The third-order valence-corrected chi connectivity index (χ3v) is 9.53. The summed E-state index contributed by atoms with van der Waals surface area (Å²) in [6, 6.07) is 0. The average Bonchev–Trinajstić information content (AvgIpc) is 2.35. The monoisotopic (exact) mass is 400 g/mol. The zero-order chi connectivity index (χ0) is 13.7. The maximum atomic E-state index is 2.39. The van der Waals surface area contributed by atoms with E-state index in [1.807, 2.05) is 0 Å². The van der Waals surface area contributed by atoms with Crippen molar-refractivity contribution in [1.29, 1.82) is 0 Å². The van der Waals surface area contributed by atoms with Gasteiger partial charge >= 0.3 is 0 Å². The van der Waals surface area contributed by atoms with Crippen molar-refractivity contribution >= 4 is 7.26 Å². The quantitative estimate of drug-likeness (QED) is 0.252. The van der Waals surface area contributed by atoms with E-state index in [2.05, 4.69) is 27.7 Å². The lowest BCUT2D eigenvalue weighted by Gasteiger charge is -2.27. The van der Waals surface area contributed by atoms with E-state index >= 15 is 0 Å². The summed E-state index contributed by atoms with van der Waals surface area (Å²) >= 11 is 0. The molecule has 0 nitrogen and oxygen atoms in total. The summed E-state index contributed by atoms with van der Waals surface area (Å²) in [6.45, 7) is 9.48. The van der Waals surface area contributed by atoms with Crippen molar-refractivity contribution in [2.24, 2.45) is 0 Å². The summed E-state index contributed by atoms with van der Waals surface area (Å²) < 4.78 is 0. The molecule has 0 saturated heterocycles. The maximum Gasteiger partial charge on any atom is 0.0594 e. The SMILES string of the molecule is CCCCCCCC[P+](CCC)(CCC)CCC.[I-]. The summed E-state index contributed by atoms with van der Waals surface area (Å²) in [5.41, 5.74) is 0. The van der Waals surface area contributed by atoms with Gasteiger partial charge in [0.15, 0.2) is 0 Å². The van der Waals surface area contributed by atoms with Gasteiger partial charge in [0.25, 0.3) is 0 Å². The van der Waals surface area contributed by atoms with Gasteiger partial charge in [0.05, 0.1) is 24.6 Å². The Hall–Kier alpha value is 1.16. The van der Waals surface area contributed by atoms with Crippen LogP contribution >= 0.6 is 7.26 Å². The molecule has 0 amide bonds. The lowest BCUT2D eigenvalue weighted by atomic mass is 10.1. The highest BCUT2D eigenvalue weighted by molar-refractivity contribution is 7.75. The zero-order valence-corrected chi connectivity index (χ0v) is 17.1. The van der Waals surface area contributed by atoms with Crippen molar-refractivity contribution < 1.29 is 24.0 Å². The van der Waals surface area contributed by atoms with Gasteiger partial charge in [0.2, 0.25) is 0 Å². The summed E-state index contributed by atoms with van der Waals surface area (Å²) in [5, 5.41) is 0. The first-order chi connectivity index (χ1) is 8.74. The van der Waals surface area contributed by atoms with E-state index in [0.717, 1.165) is 0 Å². The molecule has 0 aromatic carbocycles. The van der Waals surface area contributed by atoms with E-state index < -0.39 is 7.26 Å². The molecule has 0 bridgehead atoms. The molecule has 118 valence electrons. The molecule has 0 spiro atoms. The molecular formula is C17H38IP. The first-order valence-corrected chi connectivity index (χ1v) is 11.1. The fraction of sp³-hybridized carbons (Fsp3) is 1.00. The molecule has 0 rings (SSSR count). The Labute approximate surface area is 141 Å². The number of hydrogen-bond acceptors (Lipinski definition) is 0. The maximum absolute atomic E-state index is 2.39. The van der Waals surface area contributed by atoms with Crippen LogP contribution in [0.4, 0.5) is 0 Å². The number of rotatable bonds is 13. The number of halogens is 1. The third-order valence-electron chi connectivity index (χ3n) is 4.08. The van der Waals surface area contributed by atoms with Gasteiger partial charge in [0, 0.05) is 7.26 Å². The molecule has 0 N–H and O–H groups in total. The molecular weight excluding hydrogens is 362 g/mol. The molecule has 0 aliphatic rings. The largest absolute Gasteiger partial charge is 1.00 e. The van der Waals surface area contributed by atoms with E-state index in [1.54, 1.807) is 24.6 Å². The molecule has 0 atom stereocenters. The van der Waals surface area contributed by atoms with Crippen LogP contribution in [0.15, 0.2) is 0 Å². The van der Waals surface area contributed by atoms with Gasteiger partial charge in [-0.05, 0) is 32.1 Å². The zero-order valence-electron chi connectivity index (χ0n) is 14.0. The first kappa shape index (κ1) is 22.4. The van der Waals surface area contributed by atoms with Crippen molar-refractivity contribution in [2.45, 2.75) is 85.5 Å². The summed E-state index contributed by atoms with van der Waals surface area (Å²) in [6.07, 6.45) is 19.4. The standard InChI is InChI=1S/C17H38P.HI/c1-5-9-10-11-12-13-17-18(14-6-2,15-7-3)16-8-4;/h5-17H2,1-4H3;1H/q+1;/p-1. The molecule has 0 fully saturated rings. The van der Waals surface area contributed by atoms with E-state index in [9.17, 15) is 0 Å². The lowest BCUT2D eigenvalue weighted by molar-refractivity contribution is -0.00000428. The molecule has 0 aromatic heterocycles. The Kier molecular flexibility index (Phi) is 18.4. The topological polar surface area (TPSA) is 0 Å². The molecule has 0 aromatic rings. The van der Waals surface area contributed by atoms with Crippen LogP contribution in [-0.4, -0.2) is 24.6 Å². The van der Waals surface area contributed by atoms with E-state index in [0.29, 0.717) is 0 Å². The summed E-state index contributed by atoms with van der Waals surface area (Å²) in [5.74, 6) is 0. The Morgan fingerprint density at radius 1 is 0.474 bits per heavy atom. The van der Waals surface area contributed by atoms with Gasteiger partial charge < -0.3 is 24.0 Å². The second-order valence-electron chi connectivity index (χ2n) is 6.00. The van der Waals surface area contributed by atoms with Gasteiger partial charge in [-0.1, -0.05) is 53.4 Å². The Morgan fingerprint density at radius 2 is 0.895 bits per heavy atom. The van der Waals surface area contributed by atoms with Crippen LogP contribution in [0.1, 0.15) is 85.5 Å². The molecule has 0 radical (unpaired) electrons. The van der Waals surface area contributed by atoms with Crippen LogP contribution in [0, 0.1) is 0 Å². The van der Waals surface area contributed by atoms with Crippen LogP contribution < -0.4 is 24.0 Å². The van der Waals surface area contributed by atoms with Crippen LogP contribution in [0.3, 0.4) is 0 Å². The first-order valence-electron chi connectivity index (χ1n) is 8.59. The van der Waals surface area contributed by atoms with Crippen molar-refractivity contribution in [3.63, 3.8) is 0 Å². The highest BCUT2D eigenvalue weighted by Gasteiger charge is 2.33. The summed E-state index contributed by atoms with van der Waals surface area (Å²) in [7, 11) is -0.552. The van der Waals surface area contributed by atoms with Crippen LogP contribution in [0.25, 0.3) is 0 Å². The van der Waals surface area contributed by atoms with E-state index in [4.69, 9.17) is 0 Å². The highest BCUT2D eigenvalue weighted by atomic mass is 127. The number of hydrogen-bond donors (Lipinski definition) is 0. The van der Waals surface area contributed by atoms with E-state index in [-0.39, 0.29) is 24.0 Å². The van der Waals surface area contributed by atoms with Gasteiger partial charge in [-0.3, -0.25) is 0 Å². The Morgan fingerprint density at radius 3 is 1.32 bits per heavy atom. The highest BCUT2D eigenvalue weighted by Crippen LogP contribution is 2.60. The predicted octanol–water partition coefficient (Wildman–Crippen LogP) is 3.60.